The molecule has 0 radical (unpaired) electrons. The summed E-state index contributed by atoms with van der Waals surface area (Å²) in [5.41, 5.74) is 0.827. The number of carbonyl (C=O) groups excluding carboxylic acids is 1. The molecule has 140 valence electrons. The van der Waals surface area contributed by atoms with Crippen LogP contribution < -0.4 is 5.32 Å². The summed E-state index contributed by atoms with van der Waals surface area (Å²) in [6.07, 6.45) is 4.66. The van der Waals surface area contributed by atoms with E-state index in [9.17, 15) is 13.2 Å². The average molecular weight is 370 g/mol. The number of fused-ring (bicyclic) bond motifs is 1. The first kappa shape index (κ1) is 18.3. The molecule has 1 aromatic rings. The second-order valence-electron chi connectivity index (χ2n) is 7.02. The van der Waals surface area contributed by atoms with Crippen molar-refractivity contribution >= 4 is 15.9 Å². The van der Waals surface area contributed by atoms with Gasteiger partial charge in [0.2, 0.25) is 10.0 Å². The third kappa shape index (κ3) is 4.21. The number of aryl methyl sites for hydroxylation is 1. The van der Waals surface area contributed by atoms with Crippen LogP contribution >= 0.6 is 0 Å². The molecule has 1 aromatic heterocycles. The van der Waals surface area contributed by atoms with E-state index in [0.29, 0.717) is 32.8 Å². The van der Waals surface area contributed by atoms with E-state index < -0.39 is 15.6 Å². The lowest BCUT2D eigenvalue weighted by atomic mass is 9.95. The molecule has 1 saturated heterocycles. The first-order valence-corrected chi connectivity index (χ1v) is 10.6. The highest BCUT2D eigenvalue weighted by Gasteiger charge is 2.35. The minimum atomic E-state index is -3.23. The molecular formula is C16H26N4O4S. The predicted octanol–water partition coefficient (Wildman–Crippen LogP) is 0.624. The van der Waals surface area contributed by atoms with Gasteiger partial charge in [0.1, 0.15) is 5.60 Å². The van der Waals surface area contributed by atoms with Gasteiger partial charge in [-0.25, -0.2) is 8.42 Å². The monoisotopic (exact) mass is 370 g/mol. The van der Waals surface area contributed by atoms with Gasteiger partial charge >= 0.3 is 0 Å². The maximum atomic E-state index is 12.4. The van der Waals surface area contributed by atoms with Crippen LogP contribution in [0.4, 0.5) is 0 Å². The number of rotatable bonds is 4. The van der Waals surface area contributed by atoms with E-state index in [1.807, 2.05) is 17.7 Å². The van der Waals surface area contributed by atoms with Crippen molar-refractivity contribution in [1.82, 2.24) is 19.4 Å². The first-order valence-electron chi connectivity index (χ1n) is 8.71. The van der Waals surface area contributed by atoms with Gasteiger partial charge < -0.3 is 10.1 Å². The zero-order chi connectivity index (χ0) is 18.1. The molecule has 2 aliphatic heterocycles. The van der Waals surface area contributed by atoms with Crippen molar-refractivity contribution in [3.63, 3.8) is 0 Å². The Morgan fingerprint density at radius 2 is 2.16 bits per heavy atom. The molecule has 3 heterocycles. The number of aromatic nitrogens is 2. The Bertz CT molecular complexity index is 737. The van der Waals surface area contributed by atoms with Gasteiger partial charge in [0.15, 0.2) is 0 Å². The van der Waals surface area contributed by atoms with E-state index in [1.54, 1.807) is 0 Å². The highest BCUT2D eigenvalue weighted by Crippen LogP contribution is 2.24. The van der Waals surface area contributed by atoms with Crippen LogP contribution in [0.1, 0.15) is 44.0 Å². The Morgan fingerprint density at radius 3 is 2.84 bits per heavy atom. The number of hydrogen-bond acceptors (Lipinski definition) is 5. The van der Waals surface area contributed by atoms with Gasteiger partial charge in [-0.1, -0.05) is 0 Å². The molecular weight excluding hydrogens is 344 g/mol. The largest absolute Gasteiger partial charge is 0.365 e. The third-order valence-electron chi connectivity index (χ3n) is 4.88. The summed E-state index contributed by atoms with van der Waals surface area (Å²) in [6.45, 7) is 4.26. The zero-order valence-electron chi connectivity index (χ0n) is 14.8. The smallest absolute Gasteiger partial charge is 0.252 e. The lowest BCUT2D eigenvalue weighted by molar-refractivity contribution is -0.150. The van der Waals surface area contributed by atoms with Crippen LogP contribution in [0.5, 0.6) is 0 Å². The topological polar surface area (TPSA) is 93.5 Å². The summed E-state index contributed by atoms with van der Waals surface area (Å²) in [6, 6.07) is 1.87. The summed E-state index contributed by atoms with van der Waals surface area (Å²) in [5, 5.41) is 7.41. The molecule has 0 saturated carbocycles. The van der Waals surface area contributed by atoms with Crippen LogP contribution in [0.3, 0.4) is 0 Å². The maximum absolute atomic E-state index is 12.4. The van der Waals surface area contributed by atoms with Gasteiger partial charge in [-0.3, -0.25) is 9.48 Å². The zero-order valence-corrected chi connectivity index (χ0v) is 15.6. The fourth-order valence-electron chi connectivity index (χ4n) is 3.33. The Kier molecular flexibility index (Phi) is 5.17. The summed E-state index contributed by atoms with van der Waals surface area (Å²) >= 11 is 0. The first-order chi connectivity index (χ1) is 11.8. The second kappa shape index (κ2) is 7.05. The molecule has 0 aromatic carbocycles. The highest BCUT2D eigenvalue weighted by molar-refractivity contribution is 7.88. The molecule has 0 bridgehead atoms. The Balaban J connectivity index is 1.64. The quantitative estimate of drug-likeness (QED) is 0.839. The lowest BCUT2D eigenvalue weighted by Crippen LogP contribution is -2.48. The van der Waals surface area contributed by atoms with E-state index in [2.05, 4.69) is 10.4 Å². The number of nitrogens with zero attached hydrogens (tertiary/aromatic N) is 3. The minimum Gasteiger partial charge on any atom is -0.365 e. The third-order valence-corrected chi connectivity index (χ3v) is 6.13. The van der Waals surface area contributed by atoms with Crippen LogP contribution in [0.15, 0.2) is 6.07 Å². The van der Waals surface area contributed by atoms with Crippen molar-refractivity contribution in [1.29, 1.82) is 0 Å². The summed E-state index contributed by atoms with van der Waals surface area (Å²) < 4.78 is 32.6. The average Bonchev–Trinajstić information content (AvgIpc) is 2.82. The normalized spacial score (nSPS) is 25.2. The van der Waals surface area contributed by atoms with Gasteiger partial charge in [-0.05, 0) is 38.7 Å². The second-order valence-corrected chi connectivity index (χ2v) is 9.00. The number of ether oxygens (including phenoxy) is 1. The Morgan fingerprint density at radius 1 is 1.36 bits per heavy atom. The fourth-order valence-corrected chi connectivity index (χ4v) is 4.16. The van der Waals surface area contributed by atoms with Crippen LogP contribution in [-0.4, -0.2) is 53.4 Å². The SMILES string of the molecule is C[C@@]1(C(=O)NCc2cc3n(n2)CCCN(S(C)(=O)=O)C3)CCCCO1. The van der Waals surface area contributed by atoms with Crippen molar-refractivity contribution in [2.75, 3.05) is 19.4 Å². The molecule has 1 N–H and O–H groups in total. The number of sulfonamides is 1. The molecule has 0 spiro atoms. The van der Waals surface area contributed by atoms with Crippen LogP contribution in [-0.2, 0) is 39.2 Å². The van der Waals surface area contributed by atoms with E-state index in [0.717, 1.165) is 37.1 Å². The lowest BCUT2D eigenvalue weighted by Gasteiger charge is -2.32. The van der Waals surface area contributed by atoms with E-state index in [-0.39, 0.29) is 5.91 Å². The van der Waals surface area contributed by atoms with Crippen LogP contribution in [0.25, 0.3) is 0 Å². The van der Waals surface area contributed by atoms with E-state index in [1.165, 1.54) is 10.6 Å². The van der Waals surface area contributed by atoms with Crippen LogP contribution in [0, 0.1) is 0 Å². The summed E-state index contributed by atoms with van der Waals surface area (Å²) in [5.74, 6) is -0.117. The summed E-state index contributed by atoms with van der Waals surface area (Å²) in [4.78, 5) is 12.4. The van der Waals surface area contributed by atoms with Crippen molar-refractivity contribution in [2.45, 2.75) is 57.8 Å². The number of hydrogen-bond donors (Lipinski definition) is 1. The number of amides is 1. The summed E-state index contributed by atoms with van der Waals surface area (Å²) in [7, 11) is -3.23. The molecule has 9 heteroatoms. The van der Waals surface area contributed by atoms with E-state index in [4.69, 9.17) is 4.74 Å². The molecule has 1 amide bonds. The number of carbonyl (C=O) groups is 1. The Labute approximate surface area is 148 Å². The van der Waals surface area contributed by atoms with Crippen molar-refractivity contribution < 1.29 is 17.9 Å². The minimum absolute atomic E-state index is 0.117. The van der Waals surface area contributed by atoms with E-state index >= 15 is 0 Å². The van der Waals surface area contributed by atoms with Crippen molar-refractivity contribution in [3.05, 3.63) is 17.5 Å². The highest BCUT2D eigenvalue weighted by atomic mass is 32.2. The fraction of sp³-hybridized carbons (Fsp3) is 0.750. The van der Waals surface area contributed by atoms with Crippen LogP contribution in [0.2, 0.25) is 0 Å². The molecule has 0 unspecified atom stereocenters. The molecule has 1 atom stereocenters. The van der Waals surface area contributed by atoms with Gasteiger partial charge in [0, 0.05) is 19.7 Å². The Hall–Kier alpha value is -1.45. The van der Waals surface area contributed by atoms with Gasteiger partial charge in [-0.2, -0.15) is 9.40 Å². The molecule has 2 aliphatic rings. The van der Waals surface area contributed by atoms with Crippen molar-refractivity contribution in [2.24, 2.45) is 0 Å². The standard InChI is InChI=1S/C16H26N4O4S/c1-16(6-3-4-9-24-16)15(21)17-11-13-10-14-12-19(25(2,22)23)7-5-8-20(14)18-13/h10H,3-9,11-12H2,1-2H3,(H,17,21)/t16-/m0/s1. The molecule has 0 aliphatic carbocycles. The molecule has 1 fully saturated rings. The maximum Gasteiger partial charge on any atom is 0.252 e. The van der Waals surface area contributed by atoms with Gasteiger partial charge in [-0.15, -0.1) is 0 Å². The molecule has 25 heavy (non-hydrogen) atoms. The molecule has 3 rings (SSSR count). The van der Waals surface area contributed by atoms with Gasteiger partial charge in [0.05, 0.1) is 30.7 Å². The van der Waals surface area contributed by atoms with Gasteiger partial charge in [0.25, 0.3) is 5.91 Å². The molecule has 8 nitrogen and oxygen atoms in total. The predicted molar refractivity (Wildman–Crippen MR) is 92.2 cm³/mol. The number of nitrogens with one attached hydrogen (secondary N) is 1. The van der Waals surface area contributed by atoms with Crippen molar-refractivity contribution in [3.8, 4) is 0 Å².